The summed E-state index contributed by atoms with van der Waals surface area (Å²) in [6, 6.07) is 5.59. The summed E-state index contributed by atoms with van der Waals surface area (Å²) >= 11 is 6.35. The van der Waals surface area contributed by atoms with Gasteiger partial charge >= 0.3 is 0 Å². The first-order valence-electron chi connectivity index (χ1n) is 5.86. The number of nitrogens with one attached hydrogen (secondary N) is 1. The number of thiophene rings is 2. The van der Waals surface area contributed by atoms with Crippen molar-refractivity contribution in [1.29, 1.82) is 0 Å². The van der Waals surface area contributed by atoms with Gasteiger partial charge in [0.25, 0.3) is 0 Å². The SMILES string of the molecule is CNCc1cc(S(=O)(=O)N(C)Cc2cccs2)c(Br)s1. The molecule has 0 fully saturated rings. The number of nitrogens with zero attached hydrogens (tertiary/aromatic N) is 1. The van der Waals surface area contributed by atoms with E-state index in [0.29, 0.717) is 21.8 Å². The van der Waals surface area contributed by atoms with Gasteiger partial charge in [-0.3, -0.25) is 0 Å². The first-order valence-corrected chi connectivity index (χ1v) is 9.79. The molecule has 0 aliphatic rings. The fourth-order valence-corrected chi connectivity index (χ4v) is 6.34. The molecule has 0 aliphatic heterocycles. The Morgan fingerprint density at radius 3 is 2.75 bits per heavy atom. The standard InChI is InChI=1S/C12H15BrN2O2S3/c1-14-7-10-6-11(12(13)19-10)20(16,17)15(2)8-9-4-3-5-18-9/h3-6,14H,7-8H2,1-2H3. The van der Waals surface area contributed by atoms with Crippen LogP contribution in [0.1, 0.15) is 9.75 Å². The van der Waals surface area contributed by atoms with E-state index >= 15 is 0 Å². The van der Waals surface area contributed by atoms with E-state index in [4.69, 9.17) is 0 Å². The molecule has 0 aromatic carbocycles. The van der Waals surface area contributed by atoms with Crippen molar-refractivity contribution in [2.75, 3.05) is 14.1 Å². The Bertz CT molecular complexity index is 665. The first kappa shape index (κ1) is 16.1. The minimum atomic E-state index is -3.47. The van der Waals surface area contributed by atoms with Crippen LogP contribution in [0.2, 0.25) is 0 Å². The van der Waals surface area contributed by atoms with E-state index in [1.807, 2.05) is 24.6 Å². The summed E-state index contributed by atoms with van der Waals surface area (Å²) in [5, 5.41) is 4.97. The van der Waals surface area contributed by atoms with Crippen LogP contribution in [0.15, 0.2) is 32.3 Å². The average Bonchev–Trinajstić information content (AvgIpc) is 2.99. The fourth-order valence-electron chi connectivity index (χ4n) is 1.71. The van der Waals surface area contributed by atoms with E-state index in [0.717, 1.165) is 9.75 Å². The second-order valence-electron chi connectivity index (χ2n) is 4.22. The third kappa shape index (κ3) is 3.49. The predicted molar refractivity (Wildman–Crippen MR) is 87.8 cm³/mol. The van der Waals surface area contributed by atoms with Gasteiger partial charge < -0.3 is 5.32 Å². The lowest BCUT2D eigenvalue weighted by Gasteiger charge is -2.15. The molecule has 0 saturated carbocycles. The van der Waals surface area contributed by atoms with Gasteiger partial charge in [-0.25, -0.2) is 8.42 Å². The molecular weight excluding hydrogens is 380 g/mol. The van der Waals surface area contributed by atoms with Gasteiger partial charge in [0.05, 0.1) is 3.79 Å². The van der Waals surface area contributed by atoms with Crippen LogP contribution in [0.5, 0.6) is 0 Å². The zero-order valence-corrected chi connectivity index (χ0v) is 15.1. The van der Waals surface area contributed by atoms with E-state index < -0.39 is 10.0 Å². The van der Waals surface area contributed by atoms with Crippen molar-refractivity contribution in [1.82, 2.24) is 9.62 Å². The van der Waals surface area contributed by atoms with Crippen LogP contribution >= 0.6 is 38.6 Å². The normalized spacial score (nSPS) is 12.2. The molecule has 0 atom stereocenters. The number of halogens is 1. The maximum absolute atomic E-state index is 12.6. The molecule has 2 aromatic heterocycles. The third-order valence-corrected chi connectivity index (χ3v) is 7.62. The second kappa shape index (κ2) is 6.67. The highest BCUT2D eigenvalue weighted by Crippen LogP contribution is 2.33. The molecule has 8 heteroatoms. The second-order valence-corrected chi connectivity index (χ2v) is 9.72. The molecule has 110 valence electrons. The molecule has 20 heavy (non-hydrogen) atoms. The molecule has 0 spiro atoms. The number of rotatable bonds is 6. The molecule has 4 nitrogen and oxygen atoms in total. The van der Waals surface area contributed by atoms with Gasteiger partial charge in [-0.2, -0.15) is 4.31 Å². The molecule has 0 saturated heterocycles. The molecule has 0 unspecified atom stereocenters. The first-order chi connectivity index (χ1) is 9.45. The maximum atomic E-state index is 12.6. The smallest absolute Gasteiger partial charge is 0.245 e. The van der Waals surface area contributed by atoms with Crippen molar-refractivity contribution < 1.29 is 8.42 Å². The topological polar surface area (TPSA) is 49.4 Å². The minimum absolute atomic E-state index is 0.340. The third-order valence-electron chi connectivity index (χ3n) is 2.70. The predicted octanol–water partition coefficient (Wildman–Crippen LogP) is 3.11. The summed E-state index contributed by atoms with van der Waals surface area (Å²) in [6.07, 6.45) is 0. The largest absolute Gasteiger partial charge is 0.315 e. The highest BCUT2D eigenvalue weighted by Gasteiger charge is 2.25. The van der Waals surface area contributed by atoms with Crippen LogP contribution in [0, 0.1) is 0 Å². The van der Waals surface area contributed by atoms with Gasteiger partial charge in [-0.15, -0.1) is 22.7 Å². The molecule has 0 aliphatic carbocycles. The Kier molecular flexibility index (Phi) is 5.38. The zero-order valence-electron chi connectivity index (χ0n) is 11.1. The van der Waals surface area contributed by atoms with Crippen LogP contribution in [0.25, 0.3) is 0 Å². The number of sulfonamides is 1. The van der Waals surface area contributed by atoms with Crippen LogP contribution in [0.4, 0.5) is 0 Å². The van der Waals surface area contributed by atoms with Gasteiger partial charge in [0.15, 0.2) is 0 Å². The van der Waals surface area contributed by atoms with Crippen LogP contribution in [-0.4, -0.2) is 26.8 Å². The fraction of sp³-hybridized carbons (Fsp3) is 0.333. The van der Waals surface area contributed by atoms with Crippen molar-refractivity contribution in [3.8, 4) is 0 Å². The lowest BCUT2D eigenvalue weighted by molar-refractivity contribution is 0.469. The maximum Gasteiger partial charge on any atom is 0.245 e. The van der Waals surface area contributed by atoms with Gasteiger partial charge in [0.2, 0.25) is 10.0 Å². The number of hydrogen-bond donors (Lipinski definition) is 1. The molecular formula is C12H15BrN2O2S3. The Morgan fingerprint density at radius 2 is 2.15 bits per heavy atom. The van der Waals surface area contributed by atoms with Crippen LogP contribution in [0.3, 0.4) is 0 Å². The molecule has 0 bridgehead atoms. The summed E-state index contributed by atoms with van der Waals surface area (Å²) in [5.41, 5.74) is 0. The minimum Gasteiger partial charge on any atom is -0.315 e. The van der Waals surface area contributed by atoms with Gasteiger partial charge in [-0.1, -0.05) is 6.07 Å². The van der Waals surface area contributed by atoms with Gasteiger partial charge in [0, 0.05) is 29.9 Å². The Morgan fingerprint density at radius 1 is 1.40 bits per heavy atom. The van der Waals surface area contributed by atoms with E-state index in [1.165, 1.54) is 15.6 Å². The van der Waals surface area contributed by atoms with E-state index in [9.17, 15) is 8.42 Å². The molecule has 0 radical (unpaired) electrons. The summed E-state index contributed by atoms with van der Waals surface area (Å²) in [4.78, 5) is 2.35. The molecule has 2 heterocycles. The Balaban J connectivity index is 2.25. The molecule has 2 aromatic rings. The Labute approximate surface area is 135 Å². The lowest BCUT2D eigenvalue weighted by atomic mass is 10.5. The number of hydrogen-bond acceptors (Lipinski definition) is 5. The van der Waals surface area contributed by atoms with E-state index in [1.54, 1.807) is 24.5 Å². The van der Waals surface area contributed by atoms with E-state index in [-0.39, 0.29) is 0 Å². The highest BCUT2D eigenvalue weighted by atomic mass is 79.9. The van der Waals surface area contributed by atoms with Crippen LogP contribution in [-0.2, 0) is 23.1 Å². The van der Waals surface area contributed by atoms with Gasteiger partial charge in [-0.05, 0) is 40.5 Å². The molecule has 2 rings (SSSR count). The van der Waals surface area contributed by atoms with E-state index in [2.05, 4.69) is 21.2 Å². The Hall–Kier alpha value is -0.250. The molecule has 1 N–H and O–H groups in total. The monoisotopic (exact) mass is 394 g/mol. The van der Waals surface area contributed by atoms with Crippen molar-refractivity contribution in [2.45, 2.75) is 18.0 Å². The lowest BCUT2D eigenvalue weighted by Crippen LogP contribution is -2.26. The van der Waals surface area contributed by atoms with Crippen molar-refractivity contribution in [2.24, 2.45) is 0 Å². The summed E-state index contributed by atoms with van der Waals surface area (Å²) < 4.78 is 27.2. The van der Waals surface area contributed by atoms with Gasteiger partial charge in [0.1, 0.15) is 4.90 Å². The quantitative estimate of drug-likeness (QED) is 0.818. The van der Waals surface area contributed by atoms with Crippen molar-refractivity contribution >= 4 is 48.6 Å². The van der Waals surface area contributed by atoms with Crippen molar-refractivity contribution in [3.63, 3.8) is 0 Å². The summed E-state index contributed by atoms with van der Waals surface area (Å²) in [6.45, 7) is 1.05. The van der Waals surface area contributed by atoms with Crippen LogP contribution < -0.4 is 5.32 Å². The summed E-state index contributed by atoms with van der Waals surface area (Å²) in [5.74, 6) is 0. The average molecular weight is 395 g/mol. The zero-order chi connectivity index (χ0) is 14.8. The summed E-state index contributed by atoms with van der Waals surface area (Å²) in [7, 11) is -0.0214. The highest BCUT2D eigenvalue weighted by molar-refractivity contribution is 9.11. The molecule has 0 amide bonds. The van der Waals surface area contributed by atoms with Crippen molar-refractivity contribution in [3.05, 3.63) is 37.1 Å².